The van der Waals surface area contributed by atoms with Gasteiger partial charge in [0.15, 0.2) is 6.29 Å². The number of aromatic amines is 1. The lowest BCUT2D eigenvalue weighted by Gasteiger charge is -2.29. The van der Waals surface area contributed by atoms with Crippen molar-refractivity contribution in [2.24, 2.45) is 5.41 Å². The van der Waals surface area contributed by atoms with Gasteiger partial charge in [0.1, 0.15) is 24.2 Å². The summed E-state index contributed by atoms with van der Waals surface area (Å²) >= 11 is 0. The molecule has 2 heterocycles. The number of carbonyl (C=O) groups is 1. The summed E-state index contributed by atoms with van der Waals surface area (Å²) in [4.78, 5) is 38.6. The van der Waals surface area contributed by atoms with Gasteiger partial charge in [0.05, 0.1) is 24.3 Å². The smallest absolute Gasteiger partial charge is 0.459 e. The summed E-state index contributed by atoms with van der Waals surface area (Å²) in [5, 5.41) is 2.83. The van der Waals surface area contributed by atoms with E-state index in [0.717, 1.165) is 4.57 Å². The third-order valence-corrected chi connectivity index (χ3v) is 7.76. The molecule has 234 valence electrons. The van der Waals surface area contributed by atoms with Crippen LogP contribution in [0.3, 0.4) is 0 Å². The second-order valence-corrected chi connectivity index (χ2v) is 12.3. The first-order valence-corrected chi connectivity index (χ1v) is 15.2. The molecule has 15 heteroatoms. The molecular weight excluding hydrogens is 576 g/mol. The number of hydrogen-bond acceptors (Lipinski definition) is 10. The summed E-state index contributed by atoms with van der Waals surface area (Å²) in [6, 6.07) is 7.68. The average Bonchev–Trinajstić information content (AvgIpc) is 3.31. The van der Waals surface area contributed by atoms with Crippen molar-refractivity contribution < 1.29 is 41.7 Å². The Morgan fingerprint density at radius 2 is 1.83 bits per heavy atom. The van der Waals surface area contributed by atoms with Crippen LogP contribution >= 0.6 is 7.75 Å². The summed E-state index contributed by atoms with van der Waals surface area (Å²) in [6.07, 6.45) is -3.30. The van der Waals surface area contributed by atoms with E-state index in [2.05, 4.69) is 5.09 Å². The average molecular weight is 616 g/mol. The summed E-state index contributed by atoms with van der Waals surface area (Å²) in [5.41, 5.74) is -2.97. The zero-order valence-electron chi connectivity index (χ0n) is 24.5. The minimum absolute atomic E-state index is 0.0777. The Balaban J connectivity index is 1.88. The lowest BCUT2D eigenvalue weighted by atomic mass is 9.97. The highest BCUT2D eigenvalue weighted by molar-refractivity contribution is 7.52. The monoisotopic (exact) mass is 615 g/mol. The first-order valence-electron chi connectivity index (χ1n) is 13.6. The molecular formula is C27H39FN3O10P. The van der Waals surface area contributed by atoms with Gasteiger partial charge in [0.25, 0.3) is 5.56 Å². The fraction of sp³-hybridized carbons (Fsp3) is 0.593. The maximum atomic E-state index is 14.1. The second-order valence-electron chi connectivity index (χ2n) is 10.6. The Hall–Kier alpha value is -2.87. The molecule has 3 rings (SSSR count). The quantitative estimate of drug-likeness (QED) is 0.182. The number of carbonyl (C=O) groups excluding carboxylic acids is 1. The zero-order valence-corrected chi connectivity index (χ0v) is 25.4. The van der Waals surface area contributed by atoms with Gasteiger partial charge in [0, 0.05) is 19.6 Å². The minimum atomic E-state index is -4.17. The molecule has 0 saturated carbocycles. The number of esters is 1. The molecule has 1 fully saturated rings. The Kier molecular flexibility index (Phi) is 11.6. The van der Waals surface area contributed by atoms with Gasteiger partial charge in [-0.1, -0.05) is 18.2 Å². The van der Waals surface area contributed by atoms with Crippen LogP contribution in [-0.2, 0) is 32.8 Å². The van der Waals surface area contributed by atoms with E-state index in [1.54, 1.807) is 71.9 Å². The van der Waals surface area contributed by atoms with Crippen LogP contribution < -0.4 is 20.9 Å². The summed E-state index contributed by atoms with van der Waals surface area (Å²) < 4.78 is 63.4. The lowest BCUT2D eigenvalue weighted by Crippen LogP contribution is -2.41. The number of nitrogens with one attached hydrogen (secondary N) is 2. The molecule has 42 heavy (non-hydrogen) atoms. The first kappa shape index (κ1) is 33.6. The number of aromatic nitrogens is 2. The third kappa shape index (κ3) is 9.06. The molecule has 1 saturated heterocycles. The van der Waals surface area contributed by atoms with E-state index in [1.165, 1.54) is 0 Å². The van der Waals surface area contributed by atoms with Crippen molar-refractivity contribution in [3.63, 3.8) is 0 Å². The fourth-order valence-electron chi connectivity index (χ4n) is 3.99. The van der Waals surface area contributed by atoms with Crippen molar-refractivity contribution in [3.8, 4) is 5.75 Å². The number of hydrogen-bond donors (Lipinski definition) is 2. The van der Waals surface area contributed by atoms with Gasteiger partial charge in [0.2, 0.25) is 5.82 Å². The molecule has 1 unspecified atom stereocenters. The van der Waals surface area contributed by atoms with Crippen LogP contribution in [0.1, 0.15) is 54.2 Å². The van der Waals surface area contributed by atoms with Crippen molar-refractivity contribution in [1.82, 2.24) is 14.6 Å². The van der Waals surface area contributed by atoms with Gasteiger partial charge in [-0.25, -0.2) is 14.4 Å². The Morgan fingerprint density at radius 1 is 1.19 bits per heavy atom. The molecule has 1 aromatic carbocycles. The molecule has 1 aliphatic heterocycles. The van der Waals surface area contributed by atoms with E-state index in [1.807, 2.05) is 4.98 Å². The van der Waals surface area contributed by atoms with Gasteiger partial charge >= 0.3 is 19.4 Å². The van der Waals surface area contributed by atoms with Gasteiger partial charge in [-0.3, -0.25) is 23.7 Å². The number of rotatable bonds is 14. The summed E-state index contributed by atoms with van der Waals surface area (Å²) in [5.74, 6) is -1.51. The molecule has 0 bridgehead atoms. The van der Waals surface area contributed by atoms with E-state index in [-0.39, 0.29) is 12.2 Å². The number of benzene rings is 1. The van der Waals surface area contributed by atoms with Crippen LogP contribution in [0.5, 0.6) is 5.75 Å². The van der Waals surface area contributed by atoms with Gasteiger partial charge < -0.3 is 23.5 Å². The molecule has 1 aliphatic rings. The van der Waals surface area contributed by atoms with Gasteiger partial charge in [-0.05, 0) is 53.7 Å². The molecule has 13 nitrogen and oxygen atoms in total. The van der Waals surface area contributed by atoms with Crippen molar-refractivity contribution in [1.29, 1.82) is 0 Å². The summed E-state index contributed by atoms with van der Waals surface area (Å²) in [6.45, 7) is 10.5. The fourth-order valence-corrected chi connectivity index (χ4v) is 5.53. The maximum Gasteiger partial charge on any atom is 0.459 e. The topological polar surface area (TPSA) is 156 Å². The van der Waals surface area contributed by atoms with E-state index in [9.17, 15) is 23.3 Å². The largest absolute Gasteiger partial charge is 0.459 e. The maximum absolute atomic E-state index is 14.1. The number of H-pyrrole nitrogens is 1. The molecule has 1 aromatic heterocycles. The van der Waals surface area contributed by atoms with Crippen LogP contribution in [0.25, 0.3) is 0 Å². The molecule has 0 aliphatic carbocycles. The first-order chi connectivity index (χ1) is 19.8. The standard InChI is InChI=1S/C27H39FN3O10P/c1-7-36-24(37-8-2)17(3)30-42(35,41-18-12-10-9-11-13-18)38-16-21-20(40-25(33)27(4,5)6)14-22(39-21)31-15-19(28)23(32)29-26(31)34/h9-13,15,17,20-22,24H,7-8,14,16H2,1-6H3,(H,30,35)(H,29,32,34)/t17-,20-,21+,22+,42?/m0/s1. The highest BCUT2D eigenvalue weighted by Crippen LogP contribution is 2.46. The van der Waals surface area contributed by atoms with E-state index < -0.39 is 73.6 Å². The Bertz CT molecular complexity index is 1340. The number of nitrogens with zero attached hydrogens (tertiary/aromatic N) is 1. The van der Waals surface area contributed by atoms with Crippen LogP contribution in [-0.4, -0.2) is 59.9 Å². The number of halogens is 1. The van der Waals surface area contributed by atoms with Gasteiger partial charge in [-0.2, -0.15) is 4.39 Å². The molecule has 5 atom stereocenters. The van der Waals surface area contributed by atoms with E-state index in [0.29, 0.717) is 19.4 Å². The van der Waals surface area contributed by atoms with E-state index >= 15 is 0 Å². The number of para-hydroxylation sites is 1. The highest BCUT2D eigenvalue weighted by atomic mass is 31.2. The Morgan fingerprint density at radius 3 is 2.43 bits per heavy atom. The SMILES string of the molecule is CCOC(OCC)[C@H](C)NP(=O)(OC[C@H]1O[C@@H](n2cc(F)c(=O)[nH]c2=O)C[C@@H]1OC(=O)C(C)(C)C)Oc1ccccc1. The molecule has 0 spiro atoms. The zero-order chi connectivity index (χ0) is 31.1. The Labute approximate surface area is 243 Å². The molecule has 0 radical (unpaired) electrons. The predicted molar refractivity (Wildman–Crippen MR) is 149 cm³/mol. The van der Waals surface area contributed by atoms with Crippen LogP contribution in [0.4, 0.5) is 4.39 Å². The van der Waals surface area contributed by atoms with Crippen molar-refractivity contribution in [2.75, 3.05) is 19.8 Å². The van der Waals surface area contributed by atoms with Crippen molar-refractivity contribution >= 4 is 13.7 Å². The normalized spacial score (nSPS) is 21.2. The van der Waals surface area contributed by atoms with Crippen LogP contribution in [0, 0.1) is 11.2 Å². The van der Waals surface area contributed by atoms with Crippen LogP contribution in [0.2, 0.25) is 0 Å². The molecule has 2 N–H and O–H groups in total. The van der Waals surface area contributed by atoms with Crippen molar-refractivity contribution in [3.05, 3.63) is 63.2 Å². The number of ether oxygens (including phenoxy) is 4. The lowest BCUT2D eigenvalue weighted by molar-refractivity contribution is -0.162. The van der Waals surface area contributed by atoms with E-state index in [4.69, 9.17) is 28.0 Å². The molecule has 0 amide bonds. The third-order valence-electron chi connectivity index (χ3n) is 6.10. The highest BCUT2D eigenvalue weighted by Gasteiger charge is 2.43. The predicted octanol–water partition coefficient (Wildman–Crippen LogP) is 3.50. The molecule has 2 aromatic rings. The van der Waals surface area contributed by atoms with Crippen LogP contribution in [0.15, 0.2) is 46.1 Å². The van der Waals surface area contributed by atoms with Gasteiger partial charge in [-0.15, -0.1) is 0 Å². The van der Waals surface area contributed by atoms with Crippen molar-refractivity contribution in [2.45, 2.75) is 78.7 Å². The second kappa shape index (κ2) is 14.5. The minimum Gasteiger partial charge on any atom is -0.459 e. The summed E-state index contributed by atoms with van der Waals surface area (Å²) in [7, 11) is -4.17.